The Morgan fingerprint density at radius 2 is 2.14 bits per heavy atom. The van der Waals surface area contributed by atoms with Crippen LogP contribution < -0.4 is 15.4 Å². The molecule has 1 atom stereocenters. The maximum absolute atomic E-state index is 12.2. The first kappa shape index (κ1) is 15.8. The highest BCUT2D eigenvalue weighted by Gasteiger charge is 2.24. The molecule has 7 heteroatoms. The SMILES string of the molecule is COc1cccc(NC(=O)N[C@H](c2nc(C)no2)C(C)C)c1. The summed E-state index contributed by atoms with van der Waals surface area (Å²) in [4.78, 5) is 16.3. The van der Waals surface area contributed by atoms with E-state index >= 15 is 0 Å². The molecule has 2 aromatic rings. The molecule has 1 heterocycles. The summed E-state index contributed by atoms with van der Waals surface area (Å²) in [5, 5.41) is 9.36. The van der Waals surface area contributed by atoms with Gasteiger partial charge in [-0.2, -0.15) is 4.98 Å². The van der Waals surface area contributed by atoms with E-state index in [1.165, 1.54) is 0 Å². The van der Waals surface area contributed by atoms with E-state index in [4.69, 9.17) is 9.26 Å². The van der Waals surface area contributed by atoms with Crippen molar-refractivity contribution in [3.63, 3.8) is 0 Å². The van der Waals surface area contributed by atoms with Crippen LogP contribution in [0.5, 0.6) is 5.75 Å². The summed E-state index contributed by atoms with van der Waals surface area (Å²) in [6.45, 7) is 5.67. The number of carbonyl (C=O) groups is 1. The molecule has 1 aromatic heterocycles. The van der Waals surface area contributed by atoms with Gasteiger partial charge in [-0.15, -0.1) is 0 Å². The average Bonchev–Trinajstić information content (AvgIpc) is 2.91. The van der Waals surface area contributed by atoms with Crippen molar-refractivity contribution in [2.24, 2.45) is 5.92 Å². The molecule has 0 fully saturated rings. The number of hydrogen-bond acceptors (Lipinski definition) is 5. The van der Waals surface area contributed by atoms with E-state index in [0.29, 0.717) is 23.2 Å². The van der Waals surface area contributed by atoms with Gasteiger partial charge in [0.15, 0.2) is 5.82 Å². The molecule has 0 saturated heterocycles. The van der Waals surface area contributed by atoms with Crippen molar-refractivity contribution in [1.82, 2.24) is 15.5 Å². The fraction of sp³-hybridized carbons (Fsp3) is 0.400. The third-order valence-corrected chi connectivity index (χ3v) is 3.09. The van der Waals surface area contributed by atoms with Crippen LogP contribution in [-0.4, -0.2) is 23.3 Å². The number of hydrogen-bond donors (Lipinski definition) is 2. The Morgan fingerprint density at radius 3 is 2.73 bits per heavy atom. The molecular formula is C15H20N4O3. The zero-order chi connectivity index (χ0) is 16.1. The molecule has 2 amide bonds. The highest BCUT2D eigenvalue weighted by Crippen LogP contribution is 2.21. The second-order valence-electron chi connectivity index (χ2n) is 5.23. The summed E-state index contributed by atoms with van der Waals surface area (Å²) in [5.41, 5.74) is 0.640. The number of amides is 2. The fourth-order valence-corrected chi connectivity index (χ4v) is 1.96. The van der Waals surface area contributed by atoms with Gasteiger partial charge in [0, 0.05) is 11.8 Å². The first-order valence-electron chi connectivity index (χ1n) is 7.01. The van der Waals surface area contributed by atoms with Crippen molar-refractivity contribution in [1.29, 1.82) is 0 Å². The first-order chi connectivity index (χ1) is 10.5. The van der Waals surface area contributed by atoms with Crippen LogP contribution in [0, 0.1) is 12.8 Å². The van der Waals surface area contributed by atoms with Gasteiger partial charge in [-0.3, -0.25) is 0 Å². The van der Waals surface area contributed by atoms with Gasteiger partial charge in [0.25, 0.3) is 0 Å². The third kappa shape index (κ3) is 3.97. The fourth-order valence-electron chi connectivity index (χ4n) is 1.96. The van der Waals surface area contributed by atoms with Gasteiger partial charge in [0.1, 0.15) is 11.8 Å². The third-order valence-electron chi connectivity index (χ3n) is 3.09. The van der Waals surface area contributed by atoms with Gasteiger partial charge < -0.3 is 19.9 Å². The number of aromatic nitrogens is 2. The van der Waals surface area contributed by atoms with Gasteiger partial charge in [-0.05, 0) is 25.0 Å². The largest absolute Gasteiger partial charge is 0.497 e. The Bertz CT molecular complexity index is 639. The Balaban J connectivity index is 2.05. The summed E-state index contributed by atoms with van der Waals surface area (Å²) in [6.07, 6.45) is 0. The van der Waals surface area contributed by atoms with Crippen LogP contribution in [-0.2, 0) is 0 Å². The van der Waals surface area contributed by atoms with Crippen LogP contribution in [0.2, 0.25) is 0 Å². The van der Waals surface area contributed by atoms with Crippen LogP contribution >= 0.6 is 0 Å². The van der Waals surface area contributed by atoms with Crippen LogP contribution in [0.15, 0.2) is 28.8 Å². The molecular weight excluding hydrogens is 284 g/mol. The number of aryl methyl sites for hydroxylation is 1. The monoisotopic (exact) mass is 304 g/mol. The standard InChI is InChI=1S/C15H20N4O3/c1-9(2)13(14-16-10(3)19-22-14)18-15(20)17-11-6-5-7-12(8-11)21-4/h5-9,13H,1-4H3,(H2,17,18,20)/t13-/m0/s1. The van der Waals surface area contributed by atoms with E-state index in [0.717, 1.165) is 0 Å². The topological polar surface area (TPSA) is 89.3 Å². The van der Waals surface area contributed by atoms with Crippen LogP contribution in [0.4, 0.5) is 10.5 Å². The lowest BCUT2D eigenvalue weighted by atomic mass is 10.0. The number of carbonyl (C=O) groups excluding carboxylic acids is 1. The second kappa shape index (κ2) is 6.93. The van der Waals surface area contributed by atoms with E-state index in [2.05, 4.69) is 20.8 Å². The van der Waals surface area contributed by atoms with E-state index in [1.807, 2.05) is 13.8 Å². The van der Waals surface area contributed by atoms with Crippen molar-refractivity contribution in [3.8, 4) is 5.75 Å². The van der Waals surface area contributed by atoms with Gasteiger partial charge in [-0.25, -0.2) is 4.79 Å². The molecule has 0 saturated carbocycles. The number of urea groups is 1. The lowest BCUT2D eigenvalue weighted by Crippen LogP contribution is -2.35. The molecule has 0 spiro atoms. The Kier molecular flexibility index (Phi) is 4.98. The number of methoxy groups -OCH3 is 1. The van der Waals surface area contributed by atoms with Gasteiger partial charge in [0.2, 0.25) is 5.89 Å². The maximum Gasteiger partial charge on any atom is 0.319 e. The molecule has 0 aliphatic rings. The predicted molar refractivity (Wildman–Crippen MR) is 81.8 cm³/mol. The van der Waals surface area contributed by atoms with Gasteiger partial charge >= 0.3 is 6.03 Å². The highest BCUT2D eigenvalue weighted by atomic mass is 16.5. The van der Waals surface area contributed by atoms with E-state index in [9.17, 15) is 4.79 Å². The van der Waals surface area contributed by atoms with Crippen molar-refractivity contribution < 1.29 is 14.1 Å². The smallest absolute Gasteiger partial charge is 0.319 e. The normalized spacial score (nSPS) is 12.0. The molecule has 22 heavy (non-hydrogen) atoms. The molecule has 0 aliphatic heterocycles. The molecule has 0 unspecified atom stereocenters. The minimum absolute atomic E-state index is 0.107. The number of nitrogens with zero attached hydrogens (tertiary/aromatic N) is 2. The highest BCUT2D eigenvalue weighted by molar-refractivity contribution is 5.89. The molecule has 0 radical (unpaired) electrons. The van der Waals surface area contributed by atoms with Crippen LogP contribution in [0.3, 0.4) is 0 Å². The summed E-state index contributed by atoms with van der Waals surface area (Å²) >= 11 is 0. The zero-order valence-corrected chi connectivity index (χ0v) is 13.1. The van der Waals surface area contributed by atoms with E-state index in [-0.39, 0.29) is 18.0 Å². The van der Waals surface area contributed by atoms with Crippen molar-refractivity contribution >= 4 is 11.7 Å². The molecule has 1 aromatic carbocycles. The molecule has 0 bridgehead atoms. The first-order valence-corrected chi connectivity index (χ1v) is 7.01. The van der Waals surface area contributed by atoms with E-state index < -0.39 is 0 Å². The summed E-state index contributed by atoms with van der Waals surface area (Å²) in [7, 11) is 1.58. The summed E-state index contributed by atoms with van der Waals surface area (Å²) in [5.74, 6) is 1.71. The van der Waals surface area contributed by atoms with Crippen molar-refractivity contribution in [2.75, 3.05) is 12.4 Å². The molecule has 2 rings (SSSR count). The van der Waals surface area contributed by atoms with E-state index in [1.54, 1.807) is 38.3 Å². The number of anilines is 1. The van der Waals surface area contributed by atoms with Crippen molar-refractivity contribution in [3.05, 3.63) is 36.0 Å². The zero-order valence-electron chi connectivity index (χ0n) is 13.1. The summed E-state index contributed by atoms with van der Waals surface area (Å²) in [6, 6.07) is 6.43. The lowest BCUT2D eigenvalue weighted by Gasteiger charge is -2.19. The molecule has 118 valence electrons. The number of ether oxygens (including phenoxy) is 1. The van der Waals surface area contributed by atoms with Gasteiger partial charge in [0.05, 0.1) is 7.11 Å². The lowest BCUT2D eigenvalue weighted by molar-refractivity contribution is 0.235. The molecule has 7 nitrogen and oxygen atoms in total. The van der Waals surface area contributed by atoms with Gasteiger partial charge in [-0.1, -0.05) is 25.1 Å². The Labute approximate surface area is 129 Å². The second-order valence-corrected chi connectivity index (χ2v) is 5.23. The molecule has 2 N–H and O–H groups in total. The van der Waals surface area contributed by atoms with Crippen LogP contribution in [0.25, 0.3) is 0 Å². The quantitative estimate of drug-likeness (QED) is 0.886. The van der Waals surface area contributed by atoms with Crippen LogP contribution in [0.1, 0.15) is 31.6 Å². The number of nitrogens with one attached hydrogen (secondary N) is 2. The Hall–Kier alpha value is -2.57. The molecule has 0 aliphatic carbocycles. The minimum Gasteiger partial charge on any atom is -0.497 e. The maximum atomic E-state index is 12.2. The predicted octanol–water partition coefficient (Wildman–Crippen LogP) is 2.91. The average molecular weight is 304 g/mol. The number of rotatable bonds is 5. The van der Waals surface area contributed by atoms with Crippen molar-refractivity contribution in [2.45, 2.75) is 26.8 Å². The summed E-state index contributed by atoms with van der Waals surface area (Å²) < 4.78 is 10.3. The minimum atomic E-state index is -0.355. The number of benzene rings is 1. The Morgan fingerprint density at radius 1 is 1.36 bits per heavy atom.